The lowest BCUT2D eigenvalue weighted by molar-refractivity contribution is -0.275. The number of nitrogens with one attached hydrogen (secondary N) is 3. The monoisotopic (exact) mass is 563 g/mol. The minimum Gasteiger partial charge on any atom is -0.404 e. The molecule has 12 heteroatoms. The van der Waals surface area contributed by atoms with Gasteiger partial charge in [0.2, 0.25) is 16.0 Å². The van der Waals surface area contributed by atoms with Crippen LogP contribution in [0.3, 0.4) is 0 Å². The van der Waals surface area contributed by atoms with Gasteiger partial charge in [-0.25, -0.2) is 18.1 Å². The van der Waals surface area contributed by atoms with Crippen LogP contribution < -0.4 is 20.1 Å². The summed E-state index contributed by atoms with van der Waals surface area (Å²) in [5.74, 6) is 1.89. The van der Waals surface area contributed by atoms with Gasteiger partial charge in [0.15, 0.2) is 0 Å². The number of hydrogen-bond donors (Lipinski definition) is 3. The van der Waals surface area contributed by atoms with Crippen molar-refractivity contribution in [2.24, 2.45) is 17.8 Å². The molecule has 5 rings (SSSR count). The molecule has 0 atom stereocenters. The lowest BCUT2D eigenvalue weighted by atomic mass is 9.82. The van der Waals surface area contributed by atoms with Crippen molar-refractivity contribution in [1.29, 1.82) is 0 Å². The summed E-state index contributed by atoms with van der Waals surface area (Å²) in [5.41, 5.74) is 0.881. The van der Waals surface area contributed by atoms with Gasteiger partial charge >= 0.3 is 6.36 Å². The van der Waals surface area contributed by atoms with Gasteiger partial charge in [-0.2, -0.15) is 4.98 Å². The Labute approximate surface area is 225 Å². The SMILES string of the molecule is O=S(=O)(NC[C@H]1CC[C@H](CNc2nc(NCC3CC3)c3ccccc3n2)CC1)c1ccccc1OC(F)(F)F. The Morgan fingerprint density at radius 2 is 1.38 bits per heavy atom. The van der Waals surface area contributed by atoms with Crippen molar-refractivity contribution in [2.75, 3.05) is 30.3 Å². The highest BCUT2D eigenvalue weighted by Gasteiger charge is 2.34. The van der Waals surface area contributed by atoms with E-state index in [-0.39, 0.29) is 12.5 Å². The van der Waals surface area contributed by atoms with E-state index >= 15 is 0 Å². The van der Waals surface area contributed by atoms with Crippen LogP contribution in [0.15, 0.2) is 53.4 Å². The minimum atomic E-state index is -4.98. The normalized spacial score (nSPS) is 20.1. The number of nitrogens with zero attached hydrogens (tertiary/aromatic N) is 2. The van der Waals surface area contributed by atoms with Gasteiger partial charge in [0.25, 0.3) is 0 Å². The number of anilines is 2. The second kappa shape index (κ2) is 11.5. The number of halogens is 3. The van der Waals surface area contributed by atoms with Crippen LogP contribution in [0.25, 0.3) is 10.9 Å². The summed E-state index contributed by atoms with van der Waals surface area (Å²) in [4.78, 5) is 8.87. The van der Waals surface area contributed by atoms with Crippen LogP contribution in [0.5, 0.6) is 5.75 Å². The second-order valence-corrected chi connectivity index (χ2v) is 12.1. The number of alkyl halides is 3. The molecule has 3 aromatic rings. The minimum absolute atomic E-state index is 0.0990. The number of fused-ring (bicyclic) bond motifs is 1. The molecule has 210 valence electrons. The van der Waals surface area contributed by atoms with Gasteiger partial charge in [0.1, 0.15) is 16.5 Å². The summed E-state index contributed by atoms with van der Waals surface area (Å²) >= 11 is 0. The Balaban J connectivity index is 1.12. The molecule has 0 bridgehead atoms. The molecule has 2 aliphatic rings. The molecule has 2 saturated carbocycles. The lowest BCUT2D eigenvalue weighted by Crippen LogP contribution is -2.33. The Hall–Kier alpha value is -3.12. The van der Waals surface area contributed by atoms with Gasteiger partial charge in [-0.3, -0.25) is 0 Å². The van der Waals surface area contributed by atoms with Gasteiger partial charge in [-0.1, -0.05) is 24.3 Å². The highest BCUT2D eigenvalue weighted by Crippen LogP contribution is 2.32. The lowest BCUT2D eigenvalue weighted by Gasteiger charge is -2.28. The van der Waals surface area contributed by atoms with Crippen LogP contribution in [-0.4, -0.2) is 44.4 Å². The maximum atomic E-state index is 12.7. The number of aromatic nitrogens is 2. The summed E-state index contributed by atoms with van der Waals surface area (Å²) in [6.07, 6.45) is 0.937. The zero-order valence-electron chi connectivity index (χ0n) is 21.4. The first-order chi connectivity index (χ1) is 18.7. The van der Waals surface area contributed by atoms with Gasteiger partial charge in [-0.15, -0.1) is 13.2 Å². The standard InChI is InChI=1S/C27H32F3N5O3S/c28-27(29,30)38-23-7-3-4-8-24(23)39(36,37)33-17-20-13-11-19(12-14-20)16-32-26-34-22-6-2-1-5-21(22)25(35-26)31-15-18-9-10-18/h1-8,18-20,33H,9-17H2,(H2,31,32,34,35)/t19-,20-. The first kappa shape index (κ1) is 27.4. The molecule has 1 aromatic heterocycles. The molecule has 1 heterocycles. The van der Waals surface area contributed by atoms with Crippen LogP contribution >= 0.6 is 0 Å². The average Bonchev–Trinajstić information content (AvgIpc) is 3.74. The maximum absolute atomic E-state index is 12.7. The molecule has 8 nitrogen and oxygen atoms in total. The molecule has 2 fully saturated rings. The highest BCUT2D eigenvalue weighted by atomic mass is 32.2. The number of para-hydroxylation sites is 2. The molecule has 0 radical (unpaired) electrons. The predicted octanol–water partition coefficient (Wildman–Crippen LogP) is 5.55. The summed E-state index contributed by atoms with van der Waals surface area (Å²) in [5, 5.41) is 7.86. The molecule has 2 aromatic carbocycles. The predicted molar refractivity (Wildman–Crippen MR) is 143 cm³/mol. The highest BCUT2D eigenvalue weighted by molar-refractivity contribution is 7.89. The van der Waals surface area contributed by atoms with Crippen molar-refractivity contribution < 1.29 is 26.3 Å². The van der Waals surface area contributed by atoms with Crippen molar-refractivity contribution in [3.63, 3.8) is 0 Å². The van der Waals surface area contributed by atoms with Crippen LogP contribution in [0.2, 0.25) is 0 Å². The maximum Gasteiger partial charge on any atom is 0.573 e. The largest absolute Gasteiger partial charge is 0.573 e. The van der Waals surface area contributed by atoms with E-state index in [9.17, 15) is 21.6 Å². The quantitative estimate of drug-likeness (QED) is 0.281. The molecule has 3 N–H and O–H groups in total. The Kier molecular flexibility index (Phi) is 8.13. The van der Waals surface area contributed by atoms with E-state index in [4.69, 9.17) is 4.98 Å². The molecule has 0 saturated heterocycles. The first-order valence-corrected chi connectivity index (χ1v) is 14.7. The fourth-order valence-electron chi connectivity index (χ4n) is 4.92. The number of ether oxygens (including phenoxy) is 1. The third-order valence-corrected chi connectivity index (χ3v) is 8.76. The third-order valence-electron chi connectivity index (χ3n) is 7.30. The van der Waals surface area contributed by atoms with E-state index in [1.807, 2.05) is 24.3 Å². The molecule has 0 unspecified atom stereocenters. The van der Waals surface area contributed by atoms with E-state index in [0.29, 0.717) is 18.4 Å². The van der Waals surface area contributed by atoms with Crippen molar-refractivity contribution in [3.8, 4) is 5.75 Å². The number of rotatable bonds is 11. The topological polar surface area (TPSA) is 105 Å². The Morgan fingerprint density at radius 3 is 2.08 bits per heavy atom. The van der Waals surface area contributed by atoms with Crippen LogP contribution in [0.4, 0.5) is 24.9 Å². The summed E-state index contributed by atoms with van der Waals surface area (Å²) in [6.45, 7) is 1.78. The summed E-state index contributed by atoms with van der Waals surface area (Å²) < 4.78 is 69.9. The van der Waals surface area contributed by atoms with Crippen molar-refractivity contribution in [2.45, 2.75) is 49.8 Å². The summed E-state index contributed by atoms with van der Waals surface area (Å²) in [7, 11) is -4.16. The van der Waals surface area contributed by atoms with Crippen LogP contribution in [-0.2, 0) is 10.0 Å². The Morgan fingerprint density at radius 1 is 0.795 bits per heavy atom. The number of hydrogen-bond acceptors (Lipinski definition) is 7. The number of benzene rings is 2. The second-order valence-electron chi connectivity index (χ2n) is 10.4. The average molecular weight is 564 g/mol. The third kappa shape index (κ3) is 7.51. The van der Waals surface area contributed by atoms with Crippen molar-refractivity contribution in [3.05, 3.63) is 48.5 Å². The fraction of sp³-hybridized carbons (Fsp3) is 0.481. The van der Waals surface area contributed by atoms with Gasteiger partial charge in [0, 0.05) is 25.0 Å². The molecular weight excluding hydrogens is 531 g/mol. The molecule has 2 aliphatic carbocycles. The van der Waals surface area contributed by atoms with Crippen molar-refractivity contribution >= 4 is 32.7 Å². The van der Waals surface area contributed by atoms with E-state index in [2.05, 4.69) is 25.1 Å². The van der Waals surface area contributed by atoms with Crippen LogP contribution in [0.1, 0.15) is 38.5 Å². The van der Waals surface area contributed by atoms with E-state index in [1.54, 1.807) is 0 Å². The zero-order valence-corrected chi connectivity index (χ0v) is 22.2. The van der Waals surface area contributed by atoms with Gasteiger partial charge in [-0.05, 0) is 80.5 Å². The first-order valence-electron chi connectivity index (χ1n) is 13.3. The van der Waals surface area contributed by atoms with Gasteiger partial charge < -0.3 is 15.4 Å². The number of sulfonamides is 1. The molecule has 39 heavy (non-hydrogen) atoms. The molecule has 0 amide bonds. The van der Waals surface area contributed by atoms with E-state index in [0.717, 1.165) is 67.0 Å². The summed E-state index contributed by atoms with van der Waals surface area (Å²) in [6, 6.07) is 12.7. The van der Waals surface area contributed by atoms with Gasteiger partial charge in [0.05, 0.1) is 5.52 Å². The molecule has 0 aliphatic heterocycles. The van der Waals surface area contributed by atoms with E-state index in [1.165, 1.54) is 25.0 Å². The Bertz CT molecular complexity index is 1390. The van der Waals surface area contributed by atoms with Crippen LogP contribution in [0, 0.1) is 17.8 Å². The molecular formula is C27H32F3N5O3S. The fourth-order valence-corrected chi connectivity index (χ4v) is 6.16. The zero-order chi connectivity index (χ0) is 27.5. The molecule has 0 spiro atoms. The van der Waals surface area contributed by atoms with Crippen molar-refractivity contribution in [1.82, 2.24) is 14.7 Å². The smallest absolute Gasteiger partial charge is 0.404 e. The van der Waals surface area contributed by atoms with E-state index < -0.39 is 27.0 Å².